The summed E-state index contributed by atoms with van der Waals surface area (Å²) in [6.07, 6.45) is 3.19. The van der Waals surface area contributed by atoms with Crippen molar-refractivity contribution in [2.24, 2.45) is 11.8 Å². The molecule has 3 aliphatic rings. The van der Waals surface area contributed by atoms with E-state index in [1.807, 2.05) is 72.8 Å². The van der Waals surface area contributed by atoms with Gasteiger partial charge in [0, 0.05) is 20.1 Å². The molecule has 4 aromatic rings. The van der Waals surface area contributed by atoms with Gasteiger partial charge in [0.1, 0.15) is 29.9 Å². The van der Waals surface area contributed by atoms with Gasteiger partial charge in [0.15, 0.2) is 0 Å². The SMILES string of the molecule is C=CCCC(=O)N[C@H](COC)[C@H](OC(=O)[C@@H]1[C@@H]2CC[C@]3(O2)[C@H](C(=O)N(CC=C)Cn2nnc4ccccc42)N([C@@H](CO)Cc2ccccc2)C(=O)[C@@H]13)c1ccccc1. The van der Waals surface area contributed by atoms with Crippen molar-refractivity contribution in [3.63, 3.8) is 0 Å². The maximum absolute atomic E-state index is 15.2. The van der Waals surface area contributed by atoms with Crippen molar-refractivity contribution in [3.8, 4) is 0 Å². The fraction of sp³-hybridized carbons (Fsp3) is 0.409. The van der Waals surface area contributed by atoms with Crippen LogP contribution in [0.25, 0.3) is 11.0 Å². The quantitative estimate of drug-likeness (QED) is 0.106. The maximum atomic E-state index is 15.2. The molecule has 58 heavy (non-hydrogen) atoms. The number of nitrogens with zero attached hydrogens (tertiary/aromatic N) is 5. The van der Waals surface area contributed by atoms with E-state index < -0.39 is 72.2 Å². The summed E-state index contributed by atoms with van der Waals surface area (Å²) in [5.74, 6) is -4.01. The summed E-state index contributed by atoms with van der Waals surface area (Å²) in [6.45, 7) is 7.32. The molecule has 14 heteroatoms. The lowest BCUT2D eigenvalue weighted by molar-refractivity contribution is -0.163. The molecule has 2 N–H and O–H groups in total. The second kappa shape index (κ2) is 17.8. The van der Waals surface area contributed by atoms with Gasteiger partial charge < -0.3 is 34.4 Å². The number of rotatable bonds is 19. The van der Waals surface area contributed by atoms with Crippen molar-refractivity contribution >= 4 is 34.7 Å². The second-order valence-corrected chi connectivity index (χ2v) is 15.1. The molecule has 0 radical (unpaired) electrons. The molecule has 0 unspecified atom stereocenters. The molecule has 0 aliphatic carbocycles. The van der Waals surface area contributed by atoms with Crippen molar-refractivity contribution in [2.75, 3.05) is 26.9 Å². The average Bonchev–Trinajstić information content (AvgIpc) is 4.00. The molecule has 1 aromatic heterocycles. The third-order valence-electron chi connectivity index (χ3n) is 11.6. The summed E-state index contributed by atoms with van der Waals surface area (Å²) >= 11 is 0. The summed E-state index contributed by atoms with van der Waals surface area (Å²) in [7, 11) is 1.50. The van der Waals surface area contributed by atoms with Gasteiger partial charge in [0.25, 0.3) is 0 Å². The summed E-state index contributed by atoms with van der Waals surface area (Å²) in [5.41, 5.74) is 1.46. The van der Waals surface area contributed by atoms with Crippen LogP contribution in [0.3, 0.4) is 0 Å². The number of carbonyl (C=O) groups excluding carboxylic acids is 4. The van der Waals surface area contributed by atoms with Crippen LogP contribution >= 0.6 is 0 Å². The Balaban J connectivity index is 1.25. The first kappa shape index (κ1) is 40.5. The van der Waals surface area contributed by atoms with Crippen molar-refractivity contribution in [1.82, 2.24) is 30.1 Å². The summed E-state index contributed by atoms with van der Waals surface area (Å²) in [4.78, 5) is 61.1. The Labute approximate surface area is 337 Å². The van der Waals surface area contributed by atoms with E-state index in [1.54, 1.807) is 33.9 Å². The molecule has 1 spiro atoms. The molecule has 304 valence electrons. The molecule has 3 aromatic carbocycles. The number of hydrogen-bond donors (Lipinski definition) is 2. The third-order valence-corrected chi connectivity index (χ3v) is 11.6. The van der Waals surface area contributed by atoms with Crippen LogP contribution in [0.5, 0.6) is 0 Å². The Morgan fingerprint density at radius 3 is 2.48 bits per heavy atom. The normalized spacial score (nSPS) is 23.6. The summed E-state index contributed by atoms with van der Waals surface area (Å²) < 4.78 is 20.3. The zero-order valence-electron chi connectivity index (χ0n) is 32.6. The van der Waals surface area contributed by atoms with Gasteiger partial charge in [0.2, 0.25) is 17.7 Å². The van der Waals surface area contributed by atoms with Crippen LogP contribution in [0.15, 0.2) is 110 Å². The van der Waals surface area contributed by atoms with E-state index in [0.29, 0.717) is 30.3 Å². The highest BCUT2D eigenvalue weighted by atomic mass is 16.6. The predicted molar refractivity (Wildman–Crippen MR) is 213 cm³/mol. The number of aliphatic hydroxyl groups excluding tert-OH is 1. The Kier molecular flexibility index (Phi) is 12.5. The van der Waals surface area contributed by atoms with E-state index in [9.17, 15) is 14.7 Å². The molecule has 3 saturated heterocycles. The largest absolute Gasteiger partial charge is 0.455 e. The van der Waals surface area contributed by atoms with Gasteiger partial charge in [-0.2, -0.15) is 0 Å². The maximum Gasteiger partial charge on any atom is 0.313 e. The van der Waals surface area contributed by atoms with Gasteiger partial charge >= 0.3 is 5.97 Å². The number of fused-ring (bicyclic) bond motifs is 2. The Hall–Kier alpha value is -5.70. The topological polar surface area (TPSA) is 165 Å². The van der Waals surface area contributed by atoms with E-state index >= 15 is 9.59 Å². The van der Waals surface area contributed by atoms with E-state index in [-0.39, 0.29) is 38.6 Å². The fourth-order valence-electron chi connectivity index (χ4n) is 9.02. The minimum Gasteiger partial charge on any atom is -0.455 e. The van der Waals surface area contributed by atoms with Crippen molar-refractivity contribution in [2.45, 2.75) is 74.7 Å². The first-order valence-electron chi connectivity index (χ1n) is 19.7. The monoisotopic (exact) mass is 790 g/mol. The van der Waals surface area contributed by atoms with Gasteiger partial charge in [-0.15, -0.1) is 18.3 Å². The smallest absolute Gasteiger partial charge is 0.313 e. The van der Waals surface area contributed by atoms with Crippen molar-refractivity contribution < 1.29 is 38.5 Å². The Morgan fingerprint density at radius 2 is 1.78 bits per heavy atom. The number of para-hydroxylation sites is 1. The highest BCUT2D eigenvalue weighted by Gasteiger charge is 2.75. The standard InChI is InChI=1S/C44H50N6O8/c1-4-6-21-36(52)45-33(27-56-3)39(30-17-11-8-12-18-30)57-43(55)37-35-22-23-44(58-35)38(37)41(53)50(31(26-51)25-29-15-9-7-10-16-29)40(44)42(54)48(24-5-2)28-49-34-20-14-13-19-32(34)46-47-49/h4-5,7-20,31,33,35,37-40,51H,1-2,6,21-28H2,3H3,(H,45,52)/t31-,33-,35+,37-,38-,39-,40+,44-/m1/s1. The number of benzene rings is 3. The zero-order chi connectivity index (χ0) is 40.8. The van der Waals surface area contributed by atoms with Gasteiger partial charge in [-0.25, -0.2) is 4.68 Å². The first-order valence-corrected chi connectivity index (χ1v) is 19.7. The lowest BCUT2D eigenvalue weighted by Crippen LogP contribution is -2.59. The van der Waals surface area contributed by atoms with Crippen LogP contribution in [0.1, 0.15) is 42.9 Å². The number of carbonyl (C=O) groups is 4. The van der Waals surface area contributed by atoms with Gasteiger partial charge in [-0.05, 0) is 48.9 Å². The van der Waals surface area contributed by atoms with Crippen LogP contribution in [0, 0.1) is 11.8 Å². The summed E-state index contributed by atoms with van der Waals surface area (Å²) in [6, 6.07) is 23.1. The van der Waals surface area contributed by atoms with Gasteiger partial charge in [-0.1, -0.05) is 90.2 Å². The van der Waals surface area contributed by atoms with Crippen LogP contribution < -0.4 is 5.32 Å². The molecule has 7 rings (SSSR count). The van der Waals surface area contributed by atoms with E-state index in [0.717, 1.165) is 11.1 Å². The molecule has 8 atom stereocenters. The lowest BCUT2D eigenvalue weighted by Gasteiger charge is -2.39. The molecular weight excluding hydrogens is 741 g/mol. The van der Waals surface area contributed by atoms with Crippen LogP contribution in [0.2, 0.25) is 0 Å². The number of ether oxygens (including phenoxy) is 3. The van der Waals surface area contributed by atoms with Crippen LogP contribution in [0.4, 0.5) is 0 Å². The number of aromatic nitrogens is 3. The number of methoxy groups -OCH3 is 1. The van der Waals surface area contributed by atoms with Crippen molar-refractivity contribution in [1.29, 1.82) is 0 Å². The zero-order valence-corrected chi connectivity index (χ0v) is 32.6. The minimum absolute atomic E-state index is 0.000181. The molecule has 3 fully saturated rings. The highest BCUT2D eigenvalue weighted by Crippen LogP contribution is 2.59. The Morgan fingerprint density at radius 1 is 1.05 bits per heavy atom. The molecule has 14 nitrogen and oxygen atoms in total. The number of hydrogen-bond acceptors (Lipinski definition) is 10. The highest BCUT2D eigenvalue weighted by molar-refractivity contribution is 5.98. The third kappa shape index (κ3) is 7.79. The molecule has 0 saturated carbocycles. The number of nitrogens with one attached hydrogen (secondary N) is 1. The number of allylic oxidation sites excluding steroid dienone is 1. The molecule has 3 aliphatic heterocycles. The lowest BCUT2D eigenvalue weighted by atomic mass is 9.70. The number of esters is 1. The molecule has 3 amide bonds. The van der Waals surface area contributed by atoms with Crippen LogP contribution in [-0.2, 0) is 46.5 Å². The number of amides is 3. The summed E-state index contributed by atoms with van der Waals surface area (Å²) in [5, 5.41) is 22.5. The molecule has 2 bridgehead atoms. The number of likely N-dealkylation sites (tertiary alicyclic amines) is 1. The Bertz CT molecular complexity index is 2110. The molecular formula is C44H50N6O8. The molecule has 4 heterocycles. The number of aliphatic hydroxyl groups is 1. The van der Waals surface area contributed by atoms with Gasteiger partial charge in [-0.3, -0.25) is 19.2 Å². The van der Waals surface area contributed by atoms with Gasteiger partial charge in [0.05, 0.1) is 48.8 Å². The van der Waals surface area contributed by atoms with E-state index in [4.69, 9.17) is 14.2 Å². The van der Waals surface area contributed by atoms with E-state index in [1.165, 1.54) is 12.0 Å². The average molecular weight is 791 g/mol. The van der Waals surface area contributed by atoms with Crippen molar-refractivity contribution in [3.05, 3.63) is 121 Å². The van der Waals surface area contributed by atoms with Crippen LogP contribution in [-0.4, -0.2) is 110 Å². The second-order valence-electron chi connectivity index (χ2n) is 15.1. The first-order chi connectivity index (χ1) is 28.2. The predicted octanol–water partition coefficient (Wildman–Crippen LogP) is 3.76. The fourth-order valence-corrected chi connectivity index (χ4v) is 9.02. The van der Waals surface area contributed by atoms with E-state index in [2.05, 4.69) is 28.8 Å². The minimum atomic E-state index is -1.40.